The van der Waals surface area contributed by atoms with E-state index in [-0.39, 0.29) is 0 Å². The molecule has 0 aliphatic heterocycles. The minimum Gasteiger partial charge on any atom is -0.460 e. The molecule has 6 heteroatoms. The number of rotatable bonds is 6. The van der Waals surface area contributed by atoms with E-state index in [1.165, 1.54) is 0 Å². The van der Waals surface area contributed by atoms with Crippen molar-refractivity contribution in [2.45, 2.75) is 6.92 Å². The topological polar surface area (TPSA) is 60.0 Å². The maximum absolute atomic E-state index is 6.07. The second kappa shape index (κ2) is 6.37. The molecule has 18 heavy (non-hydrogen) atoms. The average Bonchev–Trinajstić information content (AvgIpc) is 2.84. The molecule has 0 fully saturated rings. The van der Waals surface area contributed by atoms with Gasteiger partial charge in [-0.25, -0.2) is 0 Å². The summed E-state index contributed by atoms with van der Waals surface area (Å²) in [6.07, 6.45) is 0. The van der Waals surface area contributed by atoms with E-state index in [2.05, 4.69) is 15.2 Å². The van der Waals surface area contributed by atoms with Crippen molar-refractivity contribution in [1.29, 1.82) is 0 Å². The minimum atomic E-state index is 0.296. The van der Waals surface area contributed by atoms with Gasteiger partial charge < -0.3 is 9.47 Å². The SMILES string of the molecule is CCOCCOc1n[nH]c(-c2ccccc2Cl)n1. The number of H-pyrrole nitrogens is 1. The zero-order chi connectivity index (χ0) is 12.8. The van der Waals surface area contributed by atoms with Gasteiger partial charge in [0.1, 0.15) is 6.61 Å². The monoisotopic (exact) mass is 267 g/mol. The zero-order valence-electron chi connectivity index (χ0n) is 10.0. The van der Waals surface area contributed by atoms with Crippen molar-refractivity contribution >= 4 is 11.6 Å². The third-order valence-electron chi connectivity index (χ3n) is 2.26. The fraction of sp³-hybridized carbons (Fsp3) is 0.333. The van der Waals surface area contributed by atoms with Gasteiger partial charge in [-0.1, -0.05) is 23.7 Å². The summed E-state index contributed by atoms with van der Waals surface area (Å²) in [5.74, 6) is 0.590. The van der Waals surface area contributed by atoms with E-state index >= 15 is 0 Å². The molecular formula is C12H14ClN3O2. The maximum Gasteiger partial charge on any atom is 0.335 e. The molecule has 0 saturated carbocycles. The summed E-state index contributed by atoms with van der Waals surface area (Å²) in [7, 11) is 0. The molecule has 1 aromatic heterocycles. The maximum atomic E-state index is 6.07. The van der Waals surface area contributed by atoms with Crippen molar-refractivity contribution in [2.24, 2.45) is 0 Å². The molecule has 96 valence electrons. The Morgan fingerprint density at radius 1 is 1.28 bits per heavy atom. The van der Waals surface area contributed by atoms with Crippen molar-refractivity contribution in [3.63, 3.8) is 0 Å². The van der Waals surface area contributed by atoms with Gasteiger partial charge in [-0.05, 0) is 19.1 Å². The summed E-state index contributed by atoms with van der Waals surface area (Å²) < 4.78 is 10.5. The molecule has 0 aliphatic rings. The molecule has 5 nitrogen and oxygen atoms in total. The lowest BCUT2D eigenvalue weighted by Crippen LogP contribution is -2.07. The van der Waals surface area contributed by atoms with Crippen molar-refractivity contribution in [3.8, 4) is 17.4 Å². The van der Waals surface area contributed by atoms with E-state index in [0.29, 0.717) is 36.7 Å². The number of nitrogens with one attached hydrogen (secondary N) is 1. The van der Waals surface area contributed by atoms with E-state index in [9.17, 15) is 0 Å². The first-order valence-corrected chi connectivity index (χ1v) is 6.07. The van der Waals surface area contributed by atoms with Crippen LogP contribution in [0.5, 0.6) is 6.01 Å². The molecule has 1 heterocycles. The van der Waals surface area contributed by atoms with Crippen molar-refractivity contribution in [1.82, 2.24) is 15.2 Å². The number of ether oxygens (including phenoxy) is 2. The van der Waals surface area contributed by atoms with Crippen LogP contribution in [0.4, 0.5) is 0 Å². The van der Waals surface area contributed by atoms with Crippen LogP contribution in [0.25, 0.3) is 11.4 Å². The van der Waals surface area contributed by atoms with Crippen LogP contribution in [0.2, 0.25) is 5.02 Å². The predicted octanol–water partition coefficient (Wildman–Crippen LogP) is 2.54. The second-order valence-corrected chi connectivity index (χ2v) is 3.90. The van der Waals surface area contributed by atoms with E-state index in [0.717, 1.165) is 5.56 Å². The fourth-order valence-electron chi connectivity index (χ4n) is 1.42. The lowest BCUT2D eigenvalue weighted by atomic mass is 10.2. The molecule has 2 aromatic rings. The van der Waals surface area contributed by atoms with Gasteiger partial charge in [-0.3, -0.25) is 5.10 Å². The molecule has 0 radical (unpaired) electrons. The Morgan fingerprint density at radius 3 is 2.89 bits per heavy atom. The predicted molar refractivity (Wildman–Crippen MR) is 68.8 cm³/mol. The lowest BCUT2D eigenvalue weighted by molar-refractivity contribution is 0.106. The molecule has 0 bridgehead atoms. The van der Waals surface area contributed by atoms with E-state index in [4.69, 9.17) is 21.1 Å². The molecule has 2 rings (SSSR count). The summed E-state index contributed by atoms with van der Waals surface area (Å²) in [4.78, 5) is 4.21. The van der Waals surface area contributed by atoms with Crippen LogP contribution in [0.1, 0.15) is 6.92 Å². The zero-order valence-corrected chi connectivity index (χ0v) is 10.8. The normalized spacial score (nSPS) is 10.6. The van der Waals surface area contributed by atoms with Gasteiger partial charge in [0.05, 0.1) is 11.6 Å². The van der Waals surface area contributed by atoms with Gasteiger partial charge in [0.2, 0.25) is 0 Å². The van der Waals surface area contributed by atoms with Gasteiger partial charge in [0.25, 0.3) is 0 Å². The number of hydrogen-bond acceptors (Lipinski definition) is 4. The Bertz CT molecular complexity index is 502. The van der Waals surface area contributed by atoms with E-state index < -0.39 is 0 Å². The van der Waals surface area contributed by atoms with Crippen LogP contribution in [-0.2, 0) is 4.74 Å². The lowest BCUT2D eigenvalue weighted by Gasteiger charge is -2.00. The third kappa shape index (κ3) is 3.21. The highest BCUT2D eigenvalue weighted by Crippen LogP contribution is 2.25. The molecule has 0 atom stereocenters. The average molecular weight is 268 g/mol. The molecule has 0 unspecified atom stereocenters. The Hall–Kier alpha value is -1.59. The number of benzene rings is 1. The Kier molecular flexibility index (Phi) is 4.55. The molecule has 0 amide bonds. The first kappa shape index (κ1) is 12.9. The number of aromatic nitrogens is 3. The van der Waals surface area contributed by atoms with Crippen LogP contribution in [0, 0.1) is 0 Å². The van der Waals surface area contributed by atoms with E-state index in [1.54, 1.807) is 6.07 Å². The first-order chi connectivity index (χ1) is 8.81. The van der Waals surface area contributed by atoms with Crippen molar-refractivity contribution in [3.05, 3.63) is 29.3 Å². The number of aromatic amines is 1. The van der Waals surface area contributed by atoms with Crippen LogP contribution in [-0.4, -0.2) is 35.0 Å². The molecule has 0 saturated heterocycles. The van der Waals surface area contributed by atoms with Gasteiger partial charge in [-0.2, -0.15) is 4.98 Å². The molecule has 0 spiro atoms. The van der Waals surface area contributed by atoms with Crippen molar-refractivity contribution < 1.29 is 9.47 Å². The molecule has 1 aromatic carbocycles. The third-order valence-corrected chi connectivity index (χ3v) is 2.59. The smallest absolute Gasteiger partial charge is 0.335 e. The largest absolute Gasteiger partial charge is 0.460 e. The van der Waals surface area contributed by atoms with Crippen molar-refractivity contribution in [2.75, 3.05) is 19.8 Å². The number of halogens is 1. The Labute approximate surface area is 110 Å². The van der Waals surface area contributed by atoms with Crippen LogP contribution >= 0.6 is 11.6 Å². The standard InChI is InChI=1S/C12H14ClN3O2/c1-2-17-7-8-18-12-14-11(15-16-12)9-5-3-4-6-10(9)13/h3-6H,2,7-8H2,1H3,(H,14,15,16). The van der Waals surface area contributed by atoms with Gasteiger partial charge in [0.15, 0.2) is 5.82 Å². The summed E-state index contributed by atoms with van der Waals surface area (Å²) in [5, 5.41) is 7.37. The first-order valence-electron chi connectivity index (χ1n) is 5.69. The van der Waals surface area contributed by atoms with Gasteiger partial charge in [-0.15, -0.1) is 5.10 Å². The quantitative estimate of drug-likeness (QED) is 0.817. The Morgan fingerprint density at radius 2 is 2.11 bits per heavy atom. The highest BCUT2D eigenvalue weighted by Gasteiger charge is 2.09. The number of nitrogens with zero attached hydrogens (tertiary/aromatic N) is 2. The summed E-state index contributed by atoms with van der Waals surface area (Å²) >= 11 is 6.07. The second-order valence-electron chi connectivity index (χ2n) is 3.49. The van der Waals surface area contributed by atoms with Crippen LogP contribution in [0.15, 0.2) is 24.3 Å². The van der Waals surface area contributed by atoms with Gasteiger partial charge in [0, 0.05) is 12.2 Å². The van der Waals surface area contributed by atoms with Gasteiger partial charge >= 0.3 is 6.01 Å². The highest BCUT2D eigenvalue weighted by molar-refractivity contribution is 6.33. The summed E-state index contributed by atoms with van der Waals surface area (Å²) in [5.41, 5.74) is 0.798. The van der Waals surface area contributed by atoms with Crippen LogP contribution in [0.3, 0.4) is 0 Å². The fourth-order valence-corrected chi connectivity index (χ4v) is 1.65. The minimum absolute atomic E-state index is 0.296. The summed E-state index contributed by atoms with van der Waals surface area (Å²) in [6.45, 7) is 3.55. The number of hydrogen-bond donors (Lipinski definition) is 1. The molecule has 0 aliphatic carbocycles. The molecular weight excluding hydrogens is 254 g/mol. The van der Waals surface area contributed by atoms with E-state index in [1.807, 2.05) is 25.1 Å². The highest BCUT2D eigenvalue weighted by atomic mass is 35.5. The van der Waals surface area contributed by atoms with Crippen LogP contribution < -0.4 is 4.74 Å². The summed E-state index contributed by atoms with van der Waals surface area (Å²) in [6, 6.07) is 7.72. The Balaban J connectivity index is 2.00. The molecule has 1 N–H and O–H groups in total.